The van der Waals surface area contributed by atoms with Crippen LogP contribution in [0.3, 0.4) is 0 Å². The van der Waals surface area contributed by atoms with Crippen LogP contribution < -0.4 is 9.47 Å². The Balaban J connectivity index is 1.66. The van der Waals surface area contributed by atoms with Crippen LogP contribution in [-0.2, 0) is 10.0 Å². The van der Waals surface area contributed by atoms with Crippen molar-refractivity contribution in [1.29, 1.82) is 5.26 Å². The van der Waals surface area contributed by atoms with Crippen LogP contribution in [0.4, 0.5) is 0 Å². The van der Waals surface area contributed by atoms with Crippen molar-refractivity contribution in [3.05, 3.63) is 48.2 Å². The van der Waals surface area contributed by atoms with Crippen molar-refractivity contribution in [2.24, 2.45) is 0 Å². The van der Waals surface area contributed by atoms with E-state index in [1.54, 1.807) is 30.3 Å². The molecule has 1 aromatic carbocycles. The van der Waals surface area contributed by atoms with Crippen molar-refractivity contribution in [3.8, 4) is 17.7 Å². The van der Waals surface area contributed by atoms with Crippen molar-refractivity contribution in [1.82, 2.24) is 9.29 Å². The Morgan fingerprint density at radius 3 is 2.62 bits per heavy atom. The molecule has 0 saturated carbocycles. The summed E-state index contributed by atoms with van der Waals surface area (Å²) in [4.78, 5) is 4.15. The van der Waals surface area contributed by atoms with E-state index in [2.05, 4.69) is 4.98 Å². The third-order valence-corrected chi connectivity index (χ3v) is 5.53. The summed E-state index contributed by atoms with van der Waals surface area (Å²) in [5.41, 5.74) is 0.441. The Bertz CT molecular complexity index is 869. The second kappa shape index (κ2) is 6.47. The van der Waals surface area contributed by atoms with Gasteiger partial charge in [-0.1, -0.05) is 12.1 Å². The maximum absolute atomic E-state index is 12.6. The van der Waals surface area contributed by atoms with E-state index in [4.69, 9.17) is 14.7 Å². The Morgan fingerprint density at radius 1 is 1.25 bits per heavy atom. The van der Waals surface area contributed by atoms with Crippen molar-refractivity contribution in [2.45, 2.75) is 11.0 Å². The fraction of sp³-hybridized carbons (Fsp3) is 0.250. The smallest absolute Gasteiger partial charge is 0.247 e. The van der Waals surface area contributed by atoms with E-state index in [9.17, 15) is 8.42 Å². The first-order chi connectivity index (χ1) is 11.5. The lowest BCUT2D eigenvalue weighted by atomic mass is 10.2. The summed E-state index contributed by atoms with van der Waals surface area (Å²) in [7, 11) is -2.18. The Hall–Kier alpha value is -2.63. The second-order valence-electron chi connectivity index (χ2n) is 5.21. The average molecular weight is 345 g/mol. The van der Waals surface area contributed by atoms with Gasteiger partial charge in [0.05, 0.1) is 25.8 Å². The summed E-state index contributed by atoms with van der Waals surface area (Å²) in [6.45, 7) is 0.476. The summed E-state index contributed by atoms with van der Waals surface area (Å²) in [6, 6.07) is 11.7. The predicted octanol–water partition coefficient (Wildman–Crippen LogP) is 1.41. The molecule has 1 aromatic heterocycles. The van der Waals surface area contributed by atoms with Gasteiger partial charge in [-0.05, 0) is 18.2 Å². The van der Waals surface area contributed by atoms with Crippen molar-refractivity contribution >= 4 is 10.0 Å². The normalized spacial score (nSPS) is 15.3. The van der Waals surface area contributed by atoms with Gasteiger partial charge in [0, 0.05) is 12.3 Å². The third kappa shape index (κ3) is 3.04. The lowest BCUT2D eigenvalue weighted by molar-refractivity contribution is 0.0720. The highest BCUT2D eigenvalue weighted by Gasteiger charge is 2.39. The highest BCUT2D eigenvalue weighted by molar-refractivity contribution is 7.89. The number of hydrogen-bond donors (Lipinski definition) is 0. The number of pyridine rings is 1. The molecule has 124 valence electrons. The molecule has 24 heavy (non-hydrogen) atoms. The summed E-state index contributed by atoms with van der Waals surface area (Å²) in [5, 5.41) is 8.73. The van der Waals surface area contributed by atoms with Crippen LogP contribution >= 0.6 is 0 Å². The summed E-state index contributed by atoms with van der Waals surface area (Å²) in [6.07, 6.45) is 1.15. The molecule has 0 atom stereocenters. The minimum atomic E-state index is -3.62. The molecule has 0 spiro atoms. The minimum absolute atomic E-state index is 0.141. The molecule has 2 heterocycles. The van der Waals surface area contributed by atoms with Gasteiger partial charge in [0.1, 0.15) is 22.8 Å². The maximum Gasteiger partial charge on any atom is 0.247 e. The number of aromatic nitrogens is 1. The average Bonchev–Trinajstić information content (AvgIpc) is 2.58. The number of nitrogens with zero attached hydrogens (tertiary/aromatic N) is 3. The molecular formula is C16H15N3O4S. The number of para-hydroxylation sites is 1. The monoisotopic (exact) mass is 345 g/mol. The lowest BCUT2D eigenvalue weighted by Crippen LogP contribution is -2.56. The zero-order chi connectivity index (χ0) is 17.2. The van der Waals surface area contributed by atoms with Crippen LogP contribution in [0.5, 0.6) is 11.6 Å². The van der Waals surface area contributed by atoms with Gasteiger partial charge in [0.2, 0.25) is 15.9 Å². The molecule has 1 saturated heterocycles. The van der Waals surface area contributed by atoms with Gasteiger partial charge in [-0.2, -0.15) is 9.57 Å². The molecule has 7 nitrogen and oxygen atoms in total. The van der Waals surface area contributed by atoms with Crippen molar-refractivity contribution < 1.29 is 17.9 Å². The molecular weight excluding hydrogens is 330 g/mol. The van der Waals surface area contributed by atoms with Gasteiger partial charge >= 0.3 is 0 Å². The van der Waals surface area contributed by atoms with E-state index in [0.29, 0.717) is 17.2 Å². The molecule has 1 aliphatic rings. The number of sulfonamides is 1. The Kier molecular flexibility index (Phi) is 4.38. The molecule has 0 radical (unpaired) electrons. The van der Waals surface area contributed by atoms with E-state index < -0.39 is 10.0 Å². The first kappa shape index (κ1) is 16.2. The van der Waals surface area contributed by atoms with Crippen molar-refractivity contribution in [2.75, 3.05) is 20.2 Å². The molecule has 0 N–H and O–H groups in total. The van der Waals surface area contributed by atoms with Crippen LogP contribution in [0, 0.1) is 11.3 Å². The van der Waals surface area contributed by atoms with E-state index in [1.165, 1.54) is 23.7 Å². The summed E-state index contributed by atoms with van der Waals surface area (Å²) >= 11 is 0. The molecule has 1 aliphatic heterocycles. The van der Waals surface area contributed by atoms with Gasteiger partial charge in [0.15, 0.2) is 0 Å². The second-order valence-corrected chi connectivity index (χ2v) is 7.12. The Labute approximate surface area is 140 Å². The number of hydrogen-bond acceptors (Lipinski definition) is 6. The zero-order valence-electron chi connectivity index (χ0n) is 12.9. The number of nitriles is 1. The molecule has 3 rings (SSSR count). The fourth-order valence-electron chi connectivity index (χ4n) is 2.33. The zero-order valence-corrected chi connectivity index (χ0v) is 13.7. The van der Waals surface area contributed by atoms with Gasteiger partial charge in [-0.3, -0.25) is 0 Å². The molecule has 0 unspecified atom stereocenters. The third-order valence-electron chi connectivity index (χ3n) is 3.65. The first-order valence-electron chi connectivity index (χ1n) is 7.20. The fourth-order valence-corrected chi connectivity index (χ4v) is 3.99. The highest BCUT2D eigenvalue weighted by Crippen LogP contribution is 2.29. The highest BCUT2D eigenvalue weighted by atomic mass is 32.2. The van der Waals surface area contributed by atoms with Crippen LogP contribution in [0.1, 0.15) is 5.56 Å². The van der Waals surface area contributed by atoms with E-state index in [1.807, 2.05) is 6.07 Å². The van der Waals surface area contributed by atoms with Crippen LogP contribution in [0.15, 0.2) is 47.5 Å². The van der Waals surface area contributed by atoms with Gasteiger partial charge in [-0.25, -0.2) is 13.4 Å². The van der Waals surface area contributed by atoms with E-state index in [-0.39, 0.29) is 24.1 Å². The largest absolute Gasteiger partial charge is 0.495 e. The van der Waals surface area contributed by atoms with Gasteiger partial charge in [-0.15, -0.1) is 0 Å². The minimum Gasteiger partial charge on any atom is -0.495 e. The number of methoxy groups -OCH3 is 1. The van der Waals surface area contributed by atoms with Gasteiger partial charge in [0.25, 0.3) is 0 Å². The van der Waals surface area contributed by atoms with Gasteiger partial charge < -0.3 is 9.47 Å². The molecule has 8 heteroatoms. The molecule has 2 aromatic rings. The summed E-state index contributed by atoms with van der Waals surface area (Å²) in [5.74, 6) is 0.684. The van der Waals surface area contributed by atoms with E-state index >= 15 is 0 Å². The predicted molar refractivity (Wildman–Crippen MR) is 85.1 cm³/mol. The standard InChI is InChI=1S/C16H15N3O4S/c1-22-14-4-2-3-5-15(14)24(20,21)19-10-13(11-19)23-16-7-6-12(8-17)9-18-16/h2-7,9,13H,10-11H2,1H3. The number of ether oxygens (including phenoxy) is 2. The Morgan fingerprint density at radius 2 is 2.00 bits per heavy atom. The SMILES string of the molecule is COc1ccccc1S(=O)(=O)N1CC(Oc2ccc(C#N)cn2)C1. The number of rotatable bonds is 5. The van der Waals surface area contributed by atoms with E-state index in [0.717, 1.165) is 0 Å². The molecule has 1 fully saturated rings. The quantitative estimate of drug-likeness (QED) is 0.813. The first-order valence-corrected chi connectivity index (χ1v) is 8.64. The van der Waals surface area contributed by atoms with Crippen molar-refractivity contribution in [3.63, 3.8) is 0 Å². The van der Waals surface area contributed by atoms with Crippen LogP contribution in [0.2, 0.25) is 0 Å². The molecule has 0 amide bonds. The topological polar surface area (TPSA) is 92.5 Å². The molecule has 0 aliphatic carbocycles. The lowest BCUT2D eigenvalue weighted by Gasteiger charge is -2.37. The number of benzene rings is 1. The van der Waals surface area contributed by atoms with Crippen LogP contribution in [0.25, 0.3) is 0 Å². The van der Waals surface area contributed by atoms with Crippen LogP contribution in [-0.4, -0.2) is 44.0 Å². The summed E-state index contributed by atoms with van der Waals surface area (Å²) < 4.78 is 37.3. The maximum atomic E-state index is 12.6. The molecule has 0 bridgehead atoms.